The molecule has 0 spiro atoms. The molecule has 0 radical (unpaired) electrons. The van der Waals surface area contributed by atoms with Gasteiger partial charge in [-0.1, -0.05) is 6.07 Å². The van der Waals surface area contributed by atoms with Crippen LogP contribution in [0.4, 0.5) is 5.69 Å². The van der Waals surface area contributed by atoms with Crippen LogP contribution in [0.5, 0.6) is 0 Å². The fourth-order valence-electron chi connectivity index (χ4n) is 1.96. The second kappa shape index (κ2) is 3.04. The number of fused-ring (bicyclic) bond motifs is 1. The molecule has 1 aromatic rings. The number of benzene rings is 1. The van der Waals surface area contributed by atoms with Gasteiger partial charge >= 0.3 is 0 Å². The van der Waals surface area contributed by atoms with Crippen LogP contribution < -0.4 is 5.32 Å². The number of aliphatic hydroxyl groups excluding tert-OH is 1. The molecular formula is C11H15NO. The summed E-state index contributed by atoms with van der Waals surface area (Å²) >= 11 is 0. The Morgan fingerprint density at radius 2 is 2.15 bits per heavy atom. The van der Waals surface area contributed by atoms with Gasteiger partial charge in [0.05, 0.1) is 6.10 Å². The van der Waals surface area contributed by atoms with E-state index in [9.17, 15) is 5.11 Å². The van der Waals surface area contributed by atoms with Crippen molar-refractivity contribution in [1.29, 1.82) is 0 Å². The van der Waals surface area contributed by atoms with Gasteiger partial charge in [-0.3, -0.25) is 0 Å². The largest absolute Gasteiger partial charge is 0.391 e. The highest BCUT2D eigenvalue weighted by molar-refractivity contribution is 5.58. The van der Waals surface area contributed by atoms with E-state index < -0.39 is 0 Å². The Labute approximate surface area is 78.6 Å². The van der Waals surface area contributed by atoms with Gasteiger partial charge in [0.2, 0.25) is 0 Å². The summed E-state index contributed by atoms with van der Waals surface area (Å²) in [6, 6.07) is 4.31. The molecule has 13 heavy (non-hydrogen) atoms. The van der Waals surface area contributed by atoms with Crippen LogP contribution in [-0.2, 0) is 6.42 Å². The topological polar surface area (TPSA) is 32.3 Å². The van der Waals surface area contributed by atoms with Crippen molar-refractivity contribution in [2.24, 2.45) is 0 Å². The van der Waals surface area contributed by atoms with E-state index in [0.717, 1.165) is 6.42 Å². The molecule has 0 bridgehead atoms. The summed E-state index contributed by atoms with van der Waals surface area (Å²) in [7, 11) is 0. The zero-order valence-electron chi connectivity index (χ0n) is 8.09. The van der Waals surface area contributed by atoms with Crippen molar-refractivity contribution < 1.29 is 5.11 Å². The Morgan fingerprint density at radius 1 is 1.38 bits per heavy atom. The fraction of sp³-hybridized carbons (Fsp3) is 0.455. The Hall–Kier alpha value is -1.02. The van der Waals surface area contributed by atoms with E-state index in [1.165, 1.54) is 22.4 Å². The molecule has 0 saturated heterocycles. The highest BCUT2D eigenvalue weighted by Crippen LogP contribution is 2.26. The van der Waals surface area contributed by atoms with Crippen LogP contribution >= 0.6 is 0 Å². The van der Waals surface area contributed by atoms with Gasteiger partial charge in [-0.2, -0.15) is 0 Å². The van der Waals surface area contributed by atoms with Gasteiger partial charge in [-0.25, -0.2) is 0 Å². The summed E-state index contributed by atoms with van der Waals surface area (Å²) in [6.45, 7) is 4.88. The molecule has 0 amide bonds. The zero-order valence-corrected chi connectivity index (χ0v) is 8.09. The first-order valence-electron chi connectivity index (χ1n) is 4.69. The van der Waals surface area contributed by atoms with Gasteiger partial charge in [0.1, 0.15) is 0 Å². The molecule has 1 aliphatic heterocycles. The molecule has 0 aromatic heterocycles. The smallest absolute Gasteiger partial charge is 0.0753 e. The van der Waals surface area contributed by atoms with E-state index in [4.69, 9.17) is 0 Å². The number of hydrogen-bond acceptors (Lipinski definition) is 2. The fourth-order valence-corrected chi connectivity index (χ4v) is 1.96. The standard InChI is InChI=1S/C11H15NO/c1-7-3-8(2)10-5-9(13)6-12-11(10)4-7/h3-4,9,12-13H,5-6H2,1-2H3. The van der Waals surface area contributed by atoms with Crippen LogP contribution in [0.1, 0.15) is 16.7 Å². The maximum Gasteiger partial charge on any atom is 0.0753 e. The maximum absolute atomic E-state index is 9.49. The second-order valence-electron chi connectivity index (χ2n) is 3.85. The van der Waals surface area contributed by atoms with Crippen molar-refractivity contribution >= 4 is 5.69 Å². The van der Waals surface area contributed by atoms with Gasteiger partial charge in [-0.15, -0.1) is 0 Å². The minimum absolute atomic E-state index is 0.228. The molecule has 0 fully saturated rings. The molecule has 1 aliphatic rings. The van der Waals surface area contributed by atoms with Crippen LogP contribution in [0.3, 0.4) is 0 Å². The molecule has 2 rings (SSSR count). The lowest BCUT2D eigenvalue weighted by molar-refractivity contribution is 0.184. The number of aliphatic hydroxyl groups is 1. The van der Waals surface area contributed by atoms with Crippen LogP contribution in [0.2, 0.25) is 0 Å². The molecule has 0 aliphatic carbocycles. The first kappa shape index (κ1) is 8.57. The number of anilines is 1. The monoisotopic (exact) mass is 177 g/mol. The molecule has 70 valence electrons. The summed E-state index contributed by atoms with van der Waals surface area (Å²) in [4.78, 5) is 0. The van der Waals surface area contributed by atoms with E-state index >= 15 is 0 Å². The molecular weight excluding hydrogens is 162 g/mol. The van der Waals surface area contributed by atoms with E-state index in [0.29, 0.717) is 6.54 Å². The lowest BCUT2D eigenvalue weighted by Gasteiger charge is -2.24. The van der Waals surface area contributed by atoms with E-state index in [1.54, 1.807) is 0 Å². The van der Waals surface area contributed by atoms with Crippen LogP contribution in [0, 0.1) is 13.8 Å². The van der Waals surface area contributed by atoms with Crippen LogP contribution in [-0.4, -0.2) is 17.8 Å². The minimum atomic E-state index is -0.228. The summed E-state index contributed by atoms with van der Waals surface area (Å²) in [5.41, 5.74) is 5.02. The van der Waals surface area contributed by atoms with E-state index in [2.05, 4.69) is 31.3 Å². The summed E-state index contributed by atoms with van der Waals surface area (Å²) in [6.07, 6.45) is 0.558. The van der Waals surface area contributed by atoms with Crippen molar-refractivity contribution in [2.75, 3.05) is 11.9 Å². The maximum atomic E-state index is 9.49. The summed E-state index contributed by atoms with van der Waals surface area (Å²) in [5.74, 6) is 0. The van der Waals surface area contributed by atoms with Crippen molar-refractivity contribution in [2.45, 2.75) is 26.4 Å². The average Bonchev–Trinajstić information content (AvgIpc) is 2.06. The zero-order chi connectivity index (χ0) is 9.42. The predicted molar refractivity (Wildman–Crippen MR) is 54.1 cm³/mol. The molecule has 1 aromatic carbocycles. The van der Waals surface area contributed by atoms with Gasteiger partial charge < -0.3 is 10.4 Å². The molecule has 2 nitrogen and oxygen atoms in total. The lowest BCUT2D eigenvalue weighted by Crippen LogP contribution is -2.28. The van der Waals surface area contributed by atoms with Gasteiger partial charge in [0.15, 0.2) is 0 Å². The number of hydrogen-bond donors (Lipinski definition) is 2. The van der Waals surface area contributed by atoms with Crippen molar-refractivity contribution in [1.82, 2.24) is 0 Å². The normalized spacial score (nSPS) is 20.7. The van der Waals surface area contributed by atoms with Gasteiger partial charge in [-0.05, 0) is 36.6 Å². The third-order valence-corrected chi connectivity index (χ3v) is 2.59. The first-order valence-corrected chi connectivity index (χ1v) is 4.69. The highest BCUT2D eigenvalue weighted by Gasteiger charge is 2.17. The second-order valence-corrected chi connectivity index (χ2v) is 3.85. The van der Waals surface area contributed by atoms with E-state index in [1.807, 2.05) is 0 Å². The Bertz CT molecular complexity index is 333. The Balaban J connectivity index is 2.47. The SMILES string of the molecule is Cc1cc(C)c2c(c1)NCC(O)C2. The Morgan fingerprint density at radius 3 is 2.92 bits per heavy atom. The lowest BCUT2D eigenvalue weighted by atomic mass is 9.95. The van der Waals surface area contributed by atoms with Crippen LogP contribution in [0.15, 0.2) is 12.1 Å². The number of β-amino-alcohol motifs (C(OH)–C–C–N with tert-alkyl or cyclic N) is 1. The quantitative estimate of drug-likeness (QED) is 0.631. The average molecular weight is 177 g/mol. The number of rotatable bonds is 0. The first-order chi connectivity index (χ1) is 6.16. The van der Waals surface area contributed by atoms with Crippen molar-refractivity contribution in [3.05, 3.63) is 28.8 Å². The van der Waals surface area contributed by atoms with Crippen LogP contribution in [0.25, 0.3) is 0 Å². The third-order valence-electron chi connectivity index (χ3n) is 2.59. The molecule has 0 saturated carbocycles. The van der Waals surface area contributed by atoms with Crippen molar-refractivity contribution in [3.8, 4) is 0 Å². The number of aryl methyl sites for hydroxylation is 2. The molecule has 2 N–H and O–H groups in total. The van der Waals surface area contributed by atoms with Gasteiger partial charge in [0, 0.05) is 18.7 Å². The predicted octanol–water partition coefficient (Wildman–Crippen LogP) is 1.63. The third kappa shape index (κ3) is 1.54. The summed E-state index contributed by atoms with van der Waals surface area (Å²) in [5, 5.41) is 12.7. The number of nitrogens with one attached hydrogen (secondary N) is 1. The Kier molecular flexibility index (Phi) is 2.00. The molecule has 1 heterocycles. The van der Waals surface area contributed by atoms with E-state index in [-0.39, 0.29) is 6.10 Å². The molecule has 1 atom stereocenters. The van der Waals surface area contributed by atoms with Gasteiger partial charge in [0.25, 0.3) is 0 Å². The highest BCUT2D eigenvalue weighted by atomic mass is 16.3. The molecule has 1 unspecified atom stereocenters. The molecule has 2 heteroatoms. The van der Waals surface area contributed by atoms with Crippen molar-refractivity contribution in [3.63, 3.8) is 0 Å². The minimum Gasteiger partial charge on any atom is -0.391 e. The summed E-state index contributed by atoms with van der Waals surface area (Å²) < 4.78 is 0.